The van der Waals surface area contributed by atoms with Gasteiger partial charge in [-0.25, -0.2) is 0 Å². The van der Waals surface area contributed by atoms with Crippen molar-refractivity contribution in [2.45, 2.75) is 44.6 Å². The molecular weight excluding hydrogens is 242 g/mol. The molecular formula is C11H23NO6. The van der Waals surface area contributed by atoms with Crippen molar-refractivity contribution in [3.05, 3.63) is 0 Å². The van der Waals surface area contributed by atoms with Crippen molar-refractivity contribution in [2.75, 3.05) is 19.8 Å². The predicted octanol–water partition coefficient (Wildman–Crippen LogP) is -2.01. The van der Waals surface area contributed by atoms with Gasteiger partial charge in [0.15, 0.2) is 0 Å². The fourth-order valence-corrected chi connectivity index (χ4v) is 1.43. The van der Waals surface area contributed by atoms with Crippen LogP contribution in [0, 0.1) is 0 Å². The van der Waals surface area contributed by atoms with Gasteiger partial charge in [-0.05, 0) is 6.42 Å². The van der Waals surface area contributed by atoms with Crippen molar-refractivity contribution < 1.29 is 30.0 Å². The summed E-state index contributed by atoms with van der Waals surface area (Å²) in [4.78, 5) is 10.7. The molecule has 7 nitrogen and oxygen atoms in total. The van der Waals surface area contributed by atoms with Gasteiger partial charge >= 0.3 is 0 Å². The molecule has 0 radical (unpaired) electrons. The van der Waals surface area contributed by atoms with Crippen molar-refractivity contribution in [3.63, 3.8) is 0 Å². The highest BCUT2D eigenvalue weighted by atomic mass is 16.5. The Hall–Kier alpha value is -0.730. The summed E-state index contributed by atoms with van der Waals surface area (Å²) in [6, 6.07) is -0.620. The van der Waals surface area contributed by atoms with Gasteiger partial charge in [-0.1, -0.05) is 6.92 Å². The maximum atomic E-state index is 10.7. The quantitative estimate of drug-likeness (QED) is 0.402. The number of hydrogen-bond donors (Lipinski definition) is 5. The van der Waals surface area contributed by atoms with Gasteiger partial charge in [-0.3, -0.25) is 4.79 Å². The molecule has 0 aliphatic carbocycles. The van der Waals surface area contributed by atoms with E-state index in [1.807, 2.05) is 6.92 Å². The van der Waals surface area contributed by atoms with E-state index in [4.69, 9.17) is 14.9 Å². The van der Waals surface area contributed by atoms with Crippen LogP contribution in [-0.4, -0.2) is 70.5 Å². The number of rotatable bonds is 3. The first-order valence-corrected chi connectivity index (χ1v) is 5.94. The summed E-state index contributed by atoms with van der Waals surface area (Å²) in [5.41, 5.74) is 0. The van der Waals surface area contributed by atoms with Gasteiger partial charge in [0, 0.05) is 13.5 Å². The molecule has 1 saturated heterocycles. The minimum atomic E-state index is -1.18. The van der Waals surface area contributed by atoms with Crippen molar-refractivity contribution >= 4 is 5.91 Å². The van der Waals surface area contributed by atoms with Gasteiger partial charge in [0.05, 0.1) is 19.3 Å². The molecule has 7 heteroatoms. The summed E-state index contributed by atoms with van der Waals surface area (Å²) in [5, 5.41) is 38.1. The Morgan fingerprint density at radius 3 is 2.28 bits per heavy atom. The number of aliphatic hydroxyl groups is 4. The Balaban J connectivity index is 0.000000631. The zero-order chi connectivity index (χ0) is 14.1. The van der Waals surface area contributed by atoms with Crippen molar-refractivity contribution in [1.82, 2.24) is 5.32 Å². The lowest BCUT2D eigenvalue weighted by molar-refractivity contribution is -0.164. The van der Waals surface area contributed by atoms with Crippen molar-refractivity contribution in [3.8, 4) is 0 Å². The summed E-state index contributed by atoms with van der Waals surface area (Å²) in [6.07, 6.45) is -2.19. The number of ether oxygens (including phenoxy) is 1. The fraction of sp³-hybridized carbons (Fsp3) is 0.909. The molecule has 4 atom stereocenters. The minimum absolute atomic E-state index is 0.0863. The van der Waals surface area contributed by atoms with Gasteiger partial charge in [0.25, 0.3) is 0 Å². The van der Waals surface area contributed by atoms with Crippen molar-refractivity contribution in [2.24, 2.45) is 0 Å². The smallest absolute Gasteiger partial charge is 0.217 e. The van der Waals surface area contributed by atoms with E-state index in [0.29, 0.717) is 6.61 Å². The van der Waals surface area contributed by atoms with E-state index in [0.717, 1.165) is 6.42 Å². The number of aliphatic hydroxyl groups excluding tert-OH is 4. The second-order valence-corrected chi connectivity index (χ2v) is 4.07. The average Bonchev–Trinajstić information content (AvgIpc) is 2.35. The highest BCUT2D eigenvalue weighted by molar-refractivity contribution is 5.73. The predicted molar refractivity (Wildman–Crippen MR) is 63.8 cm³/mol. The fourth-order valence-electron chi connectivity index (χ4n) is 1.43. The van der Waals surface area contributed by atoms with Crippen LogP contribution in [0.15, 0.2) is 0 Å². The van der Waals surface area contributed by atoms with E-state index in [-0.39, 0.29) is 19.1 Å². The molecule has 0 aromatic heterocycles. The first-order chi connectivity index (χ1) is 8.47. The third kappa shape index (κ3) is 5.74. The van der Waals surface area contributed by atoms with Gasteiger partial charge in [0.1, 0.15) is 18.3 Å². The Kier molecular flexibility index (Phi) is 8.86. The van der Waals surface area contributed by atoms with Gasteiger partial charge < -0.3 is 30.5 Å². The lowest BCUT2D eigenvalue weighted by atomic mass is 9.98. The summed E-state index contributed by atoms with van der Waals surface area (Å²) in [6.45, 7) is 3.30. The number of carbonyl (C=O) groups is 1. The lowest BCUT2D eigenvalue weighted by Crippen LogP contribution is -2.59. The first kappa shape index (κ1) is 17.3. The summed E-state index contributed by atoms with van der Waals surface area (Å²) in [5.74, 6) is -0.299. The van der Waals surface area contributed by atoms with Crippen LogP contribution in [0.5, 0.6) is 0 Å². The highest BCUT2D eigenvalue weighted by Crippen LogP contribution is 2.15. The number of hydrogen-bond acceptors (Lipinski definition) is 6. The van der Waals surface area contributed by atoms with E-state index >= 15 is 0 Å². The first-order valence-electron chi connectivity index (χ1n) is 5.94. The zero-order valence-corrected chi connectivity index (χ0v) is 10.7. The molecule has 0 saturated carbocycles. The SMILES string of the molecule is CC(=O)N[C@H]1CO[C@H](CO)[C@H](O)[C@@H]1O.CCCO. The molecule has 0 spiro atoms. The second kappa shape index (κ2) is 9.23. The number of nitrogens with one attached hydrogen (secondary N) is 1. The summed E-state index contributed by atoms with van der Waals surface area (Å²) in [7, 11) is 0. The molecule has 1 amide bonds. The Morgan fingerprint density at radius 1 is 1.33 bits per heavy atom. The Morgan fingerprint density at radius 2 is 1.89 bits per heavy atom. The molecule has 0 aromatic carbocycles. The van der Waals surface area contributed by atoms with Crippen LogP contribution in [0.3, 0.4) is 0 Å². The maximum absolute atomic E-state index is 10.7. The molecule has 18 heavy (non-hydrogen) atoms. The molecule has 1 fully saturated rings. The normalized spacial score (nSPS) is 31.2. The molecule has 1 aliphatic heterocycles. The van der Waals surface area contributed by atoms with Crippen LogP contribution in [0.1, 0.15) is 20.3 Å². The van der Waals surface area contributed by atoms with Crippen LogP contribution in [0.25, 0.3) is 0 Å². The Labute approximate surface area is 106 Å². The van der Waals surface area contributed by atoms with E-state index < -0.39 is 24.4 Å². The molecule has 5 N–H and O–H groups in total. The van der Waals surface area contributed by atoms with Gasteiger partial charge in [-0.2, -0.15) is 0 Å². The van der Waals surface area contributed by atoms with Gasteiger partial charge in [-0.15, -0.1) is 0 Å². The van der Waals surface area contributed by atoms with Crippen LogP contribution < -0.4 is 5.32 Å². The maximum Gasteiger partial charge on any atom is 0.217 e. The monoisotopic (exact) mass is 265 g/mol. The molecule has 0 bridgehead atoms. The standard InChI is InChI=1S/C8H15NO5.C3H8O/c1-4(11)9-5-3-14-6(2-10)8(13)7(5)12;1-2-3-4/h5-8,10,12-13H,2-3H2,1H3,(H,9,11);4H,2-3H2,1H3/t5-,6+,7+,8-;/m0./s1. The molecule has 1 aliphatic rings. The summed E-state index contributed by atoms with van der Waals surface area (Å²) >= 11 is 0. The molecule has 108 valence electrons. The van der Waals surface area contributed by atoms with Crippen molar-refractivity contribution in [1.29, 1.82) is 0 Å². The number of carbonyl (C=O) groups excluding carboxylic acids is 1. The Bertz CT molecular complexity index is 236. The molecule has 1 rings (SSSR count). The zero-order valence-electron chi connectivity index (χ0n) is 10.7. The third-order valence-electron chi connectivity index (χ3n) is 2.43. The van der Waals surface area contributed by atoms with Crippen LogP contribution in [-0.2, 0) is 9.53 Å². The third-order valence-corrected chi connectivity index (χ3v) is 2.43. The molecule has 1 heterocycles. The largest absolute Gasteiger partial charge is 0.396 e. The van der Waals surface area contributed by atoms with E-state index in [2.05, 4.69) is 5.32 Å². The van der Waals surface area contributed by atoms with Crippen LogP contribution in [0.4, 0.5) is 0 Å². The second-order valence-electron chi connectivity index (χ2n) is 4.07. The van der Waals surface area contributed by atoms with E-state index in [1.54, 1.807) is 0 Å². The summed E-state index contributed by atoms with van der Waals surface area (Å²) < 4.78 is 5.05. The van der Waals surface area contributed by atoms with Crippen LogP contribution in [0.2, 0.25) is 0 Å². The van der Waals surface area contributed by atoms with Gasteiger partial charge in [0.2, 0.25) is 5.91 Å². The van der Waals surface area contributed by atoms with E-state index in [1.165, 1.54) is 6.92 Å². The number of amides is 1. The average molecular weight is 265 g/mol. The molecule has 0 unspecified atom stereocenters. The van der Waals surface area contributed by atoms with Crippen LogP contribution >= 0.6 is 0 Å². The van der Waals surface area contributed by atoms with E-state index in [9.17, 15) is 15.0 Å². The highest BCUT2D eigenvalue weighted by Gasteiger charge is 2.38. The topological polar surface area (TPSA) is 119 Å². The minimum Gasteiger partial charge on any atom is -0.396 e. The molecule has 0 aromatic rings. The lowest BCUT2D eigenvalue weighted by Gasteiger charge is -2.36.